The quantitative estimate of drug-likeness (QED) is 0.156. The van der Waals surface area contributed by atoms with Crippen molar-refractivity contribution in [3.05, 3.63) is 143 Å². The zero-order valence-corrected chi connectivity index (χ0v) is 35.4. The van der Waals surface area contributed by atoms with Crippen LogP contribution in [0.15, 0.2) is 120 Å². The normalized spacial score (nSPS) is 12.6. The lowest BCUT2D eigenvalue weighted by molar-refractivity contribution is -0.633. The van der Waals surface area contributed by atoms with E-state index in [-0.39, 0.29) is 22.7 Å². The van der Waals surface area contributed by atoms with Gasteiger partial charge in [0.2, 0.25) is 0 Å². The van der Waals surface area contributed by atoms with Gasteiger partial charge in [-0.3, -0.25) is 0 Å². The van der Waals surface area contributed by atoms with Gasteiger partial charge < -0.3 is 4.42 Å². The molecule has 0 bridgehead atoms. The van der Waals surface area contributed by atoms with Crippen molar-refractivity contribution in [2.24, 2.45) is 7.05 Å². The van der Waals surface area contributed by atoms with Crippen LogP contribution >= 0.6 is 0 Å². The van der Waals surface area contributed by atoms with Gasteiger partial charge in [0, 0.05) is 21.9 Å². The number of aromatic nitrogens is 2. The van der Waals surface area contributed by atoms with E-state index in [2.05, 4.69) is 208 Å². The van der Waals surface area contributed by atoms with Gasteiger partial charge in [0.05, 0.1) is 7.05 Å². The molecule has 0 amide bonds. The first-order valence-corrected chi connectivity index (χ1v) is 20.4. The minimum Gasteiger partial charge on any atom is -0.455 e. The van der Waals surface area contributed by atoms with E-state index in [9.17, 15) is 0 Å². The summed E-state index contributed by atoms with van der Waals surface area (Å²) in [5.41, 5.74) is 18.2. The van der Waals surface area contributed by atoms with Gasteiger partial charge in [-0.05, 0) is 105 Å². The summed E-state index contributed by atoms with van der Waals surface area (Å²) in [5, 5.41) is 2.27. The number of hydrogen-bond acceptors (Lipinski definition) is 1. The van der Waals surface area contributed by atoms with Crippen LogP contribution in [0.2, 0.25) is 0 Å². The van der Waals surface area contributed by atoms with Crippen LogP contribution in [0.3, 0.4) is 0 Å². The Bertz CT molecular complexity index is 2720. The van der Waals surface area contributed by atoms with E-state index >= 15 is 0 Å². The molecule has 0 saturated heterocycles. The lowest BCUT2D eigenvalue weighted by atomic mass is 9.78. The molecule has 8 aromatic rings. The number of furan rings is 1. The number of para-hydroxylation sites is 2. The van der Waals surface area contributed by atoms with Gasteiger partial charge >= 0.3 is 0 Å². The summed E-state index contributed by atoms with van der Waals surface area (Å²) in [6, 6.07) is 42.8. The van der Waals surface area contributed by atoms with Crippen molar-refractivity contribution in [3.63, 3.8) is 0 Å². The maximum Gasteiger partial charge on any atom is 0.299 e. The maximum atomic E-state index is 7.01. The first-order valence-electron chi connectivity index (χ1n) is 20.4. The second-order valence-corrected chi connectivity index (χ2v) is 18.6. The summed E-state index contributed by atoms with van der Waals surface area (Å²) in [5.74, 6) is 1.67. The van der Waals surface area contributed by atoms with E-state index < -0.39 is 0 Å². The second kappa shape index (κ2) is 13.7. The lowest BCUT2D eigenvalue weighted by Gasteiger charge is -2.27. The fourth-order valence-corrected chi connectivity index (χ4v) is 8.49. The first kappa shape index (κ1) is 37.5. The lowest BCUT2D eigenvalue weighted by Crippen LogP contribution is -2.30. The van der Waals surface area contributed by atoms with Crippen LogP contribution in [0.4, 0.5) is 0 Å². The highest BCUT2D eigenvalue weighted by Crippen LogP contribution is 2.44. The van der Waals surface area contributed by atoms with Crippen LogP contribution in [0.5, 0.6) is 0 Å². The molecule has 3 heteroatoms. The molecule has 0 aliphatic carbocycles. The molecular weight excluding hydrogens is 681 g/mol. The van der Waals surface area contributed by atoms with Crippen molar-refractivity contribution in [2.45, 2.75) is 98.8 Å². The predicted molar refractivity (Wildman–Crippen MR) is 238 cm³/mol. The minimum absolute atomic E-state index is 0.0318. The molecule has 0 N–H and O–H groups in total. The van der Waals surface area contributed by atoms with E-state index in [1.807, 2.05) is 0 Å². The van der Waals surface area contributed by atoms with E-state index in [1.54, 1.807) is 0 Å². The molecule has 0 atom stereocenters. The third-order valence-corrected chi connectivity index (χ3v) is 11.8. The standard InChI is InChI=1S/C53H57N2O/c1-32(2)43-28-38(37-26-39(52(6,7)8)31-40(27-37)53(9,10)11)29-44(33(3)4)49(43)55-46-21-17-16-20-45(46)54(12)51(55)48-34(5)22-24-42-41-25-23-36(30-47(41)56-50(42)48)35-18-14-13-15-19-35/h13-33H,1-12H3/q+1. The number of aryl methyl sites for hydroxylation is 2. The molecule has 2 aromatic heterocycles. The van der Waals surface area contributed by atoms with Crippen molar-refractivity contribution in [3.8, 4) is 39.3 Å². The summed E-state index contributed by atoms with van der Waals surface area (Å²) < 4.78 is 11.9. The van der Waals surface area contributed by atoms with Crippen LogP contribution in [-0.2, 0) is 17.9 Å². The molecule has 0 saturated carbocycles. The molecule has 0 unspecified atom stereocenters. The molecule has 0 fully saturated rings. The van der Waals surface area contributed by atoms with Crippen LogP contribution in [0, 0.1) is 6.92 Å². The molecule has 0 radical (unpaired) electrons. The van der Waals surface area contributed by atoms with Crippen molar-refractivity contribution in [1.82, 2.24) is 4.57 Å². The number of fused-ring (bicyclic) bond motifs is 4. The molecule has 0 spiro atoms. The summed E-state index contributed by atoms with van der Waals surface area (Å²) in [4.78, 5) is 0. The van der Waals surface area contributed by atoms with E-state index in [0.717, 1.165) is 38.9 Å². The van der Waals surface area contributed by atoms with Gasteiger partial charge in [-0.15, -0.1) is 0 Å². The third-order valence-electron chi connectivity index (χ3n) is 11.8. The Morgan fingerprint density at radius 2 is 1.14 bits per heavy atom. The first-order chi connectivity index (χ1) is 26.5. The van der Waals surface area contributed by atoms with Crippen LogP contribution in [0.1, 0.15) is 109 Å². The van der Waals surface area contributed by atoms with Crippen LogP contribution < -0.4 is 4.57 Å². The van der Waals surface area contributed by atoms with Crippen molar-refractivity contribution < 1.29 is 8.98 Å². The van der Waals surface area contributed by atoms with Crippen LogP contribution in [0.25, 0.3) is 72.3 Å². The van der Waals surface area contributed by atoms with Crippen LogP contribution in [-0.4, -0.2) is 4.57 Å². The molecule has 284 valence electrons. The number of imidazole rings is 1. The summed E-state index contributed by atoms with van der Waals surface area (Å²) in [6.45, 7) is 25.6. The zero-order valence-electron chi connectivity index (χ0n) is 35.4. The highest BCUT2D eigenvalue weighted by molar-refractivity contribution is 6.10. The van der Waals surface area contributed by atoms with Gasteiger partial charge in [0.1, 0.15) is 16.8 Å². The molecule has 3 nitrogen and oxygen atoms in total. The number of hydrogen-bond donors (Lipinski definition) is 0. The molecule has 0 aliphatic rings. The zero-order chi connectivity index (χ0) is 39.8. The SMILES string of the molecule is Cc1ccc2c(oc3cc(-c4ccccc4)ccc32)c1-c1n(-c2c(C(C)C)cc(-c3cc(C(C)(C)C)cc(C(C)(C)C)c3)cc2C(C)C)c2ccccc2[n+]1C. The van der Waals surface area contributed by atoms with E-state index in [4.69, 9.17) is 4.42 Å². The minimum atomic E-state index is 0.0318. The number of nitrogens with zero attached hydrogens (tertiary/aromatic N) is 2. The fourth-order valence-electron chi connectivity index (χ4n) is 8.49. The summed E-state index contributed by atoms with van der Waals surface area (Å²) >= 11 is 0. The average Bonchev–Trinajstić information content (AvgIpc) is 3.67. The van der Waals surface area contributed by atoms with Gasteiger partial charge in [0.15, 0.2) is 16.6 Å². The highest BCUT2D eigenvalue weighted by Gasteiger charge is 2.34. The average molecular weight is 738 g/mol. The van der Waals surface area contributed by atoms with E-state index in [0.29, 0.717) is 0 Å². The number of rotatable bonds is 6. The Balaban J connectivity index is 1.44. The molecule has 2 heterocycles. The summed E-state index contributed by atoms with van der Waals surface area (Å²) in [7, 11) is 2.22. The third kappa shape index (κ3) is 6.36. The second-order valence-electron chi connectivity index (χ2n) is 18.6. The van der Waals surface area contributed by atoms with Gasteiger partial charge in [-0.25, -0.2) is 4.57 Å². The smallest absolute Gasteiger partial charge is 0.299 e. The topological polar surface area (TPSA) is 21.9 Å². The van der Waals surface area contributed by atoms with E-state index in [1.165, 1.54) is 61.2 Å². The number of benzene rings is 6. The Labute approximate surface area is 333 Å². The fraction of sp³-hybridized carbons (Fsp3) is 0.302. The van der Waals surface area contributed by atoms with Crippen molar-refractivity contribution in [2.75, 3.05) is 0 Å². The van der Waals surface area contributed by atoms with Crippen molar-refractivity contribution >= 4 is 33.0 Å². The van der Waals surface area contributed by atoms with Gasteiger partial charge in [-0.1, -0.05) is 148 Å². The van der Waals surface area contributed by atoms with Crippen molar-refractivity contribution in [1.29, 1.82) is 0 Å². The molecule has 56 heavy (non-hydrogen) atoms. The monoisotopic (exact) mass is 737 g/mol. The Morgan fingerprint density at radius 3 is 1.75 bits per heavy atom. The Hall–Kier alpha value is -5.41. The molecule has 6 aromatic carbocycles. The maximum absolute atomic E-state index is 7.01. The largest absolute Gasteiger partial charge is 0.455 e. The summed E-state index contributed by atoms with van der Waals surface area (Å²) in [6.07, 6.45) is 0. The molecule has 8 rings (SSSR count). The molecular formula is C53H57N2O+. The van der Waals surface area contributed by atoms with Gasteiger partial charge in [-0.2, -0.15) is 4.57 Å². The Morgan fingerprint density at radius 1 is 0.571 bits per heavy atom. The van der Waals surface area contributed by atoms with Gasteiger partial charge in [0.25, 0.3) is 5.82 Å². The Kier molecular flexibility index (Phi) is 9.15. The predicted octanol–water partition coefficient (Wildman–Crippen LogP) is 14.5. The highest BCUT2D eigenvalue weighted by atomic mass is 16.3. The molecule has 0 aliphatic heterocycles.